The van der Waals surface area contributed by atoms with Crippen LogP contribution in [0.25, 0.3) is 0 Å². The number of aromatic nitrogens is 2. The molecule has 5 nitrogen and oxygen atoms in total. The fraction of sp³-hybridized carbons (Fsp3) is 0.714. The Morgan fingerprint density at radius 1 is 1.32 bits per heavy atom. The summed E-state index contributed by atoms with van der Waals surface area (Å²) in [5.74, 6) is 0.829. The van der Waals surface area contributed by atoms with Gasteiger partial charge in [0.15, 0.2) is 0 Å². The van der Waals surface area contributed by atoms with Crippen LogP contribution in [0.2, 0.25) is 0 Å². The maximum absolute atomic E-state index is 5.53. The molecule has 1 aromatic rings. The minimum atomic E-state index is 0.558. The molecule has 1 fully saturated rings. The van der Waals surface area contributed by atoms with Crippen LogP contribution in [0.1, 0.15) is 25.3 Å². The van der Waals surface area contributed by atoms with Crippen LogP contribution in [0.5, 0.6) is 0 Å². The number of hydrogen-bond acceptors (Lipinski definition) is 5. The minimum absolute atomic E-state index is 0.558. The lowest BCUT2D eigenvalue weighted by atomic mass is 10.0. The van der Waals surface area contributed by atoms with E-state index in [-0.39, 0.29) is 0 Å². The van der Waals surface area contributed by atoms with Crippen LogP contribution < -0.4 is 10.6 Å². The zero-order valence-electron chi connectivity index (χ0n) is 12.0. The van der Waals surface area contributed by atoms with Gasteiger partial charge in [0.25, 0.3) is 0 Å². The summed E-state index contributed by atoms with van der Waals surface area (Å²) < 4.78 is 0. The summed E-state index contributed by atoms with van der Waals surface area (Å²) in [7, 11) is 2.10. The molecule has 0 spiro atoms. The van der Waals surface area contributed by atoms with Gasteiger partial charge in [0.2, 0.25) is 5.95 Å². The highest BCUT2D eigenvalue weighted by molar-refractivity contribution is 5.30. The van der Waals surface area contributed by atoms with Gasteiger partial charge in [-0.05, 0) is 37.9 Å². The van der Waals surface area contributed by atoms with Crippen LogP contribution in [-0.2, 0) is 6.42 Å². The maximum Gasteiger partial charge on any atom is 0.225 e. The lowest BCUT2D eigenvalue weighted by molar-refractivity contribution is 0.220. The third kappa shape index (κ3) is 3.64. The van der Waals surface area contributed by atoms with Crippen molar-refractivity contribution in [2.45, 2.75) is 32.2 Å². The van der Waals surface area contributed by atoms with Crippen LogP contribution in [0.4, 0.5) is 5.95 Å². The molecule has 0 aromatic carbocycles. The highest BCUT2D eigenvalue weighted by Gasteiger charge is 2.22. The van der Waals surface area contributed by atoms with Gasteiger partial charge in [-0.15, -0.1) is 0 Å². The van der Waals surface area contributed by atoms with Gasteiger partial charge in [-0.2, -0.15) is 0 Å². The number of nitrogens with two attached hydrogens (primary N) is 1. The Kier molecular flexibility index (Phi) is 5.10. The summed E-state index contributed by atoms with van der Waals surface area (Å²) >= 11 is 0. The van der Waals surface area contributed by atoms with Crippen LogP contribution in [0.3, 0.4) is 0 Å². The molecule has 2 rings (SSSR count). The first-order valence-corrected chi connectivity index (χ1v) is 7.20. The average Bonchev–Trinajstić information content (AvgIpc) is 2.48. The lowest BCUT2D eigenvalue weighted by Gasteiger charge is -2.36. The monoisotopic (exact) mass is 263 g/mol. The predicted octanol–water partition coefficient (Wildman–Crippen LogP) is 0.898. The summed E-state index contributed by atoms with van der Waals surface area (Å²) in [5.41, 5.74) is 6.64. The van der Waals surface area contributed by atoms with Crippen molar-refractivity contribution in [3.8, 4) is 0 Å². The molecule has 1 saturated heterocycles. The number of likely N-dealkylation sites (tertiary alicyclic amines) is 1. The molecular formula is C14H25N5. The third-order valence-corrected chi connectivity index (χ3v) is 3.99. The van der Waals surface area contributed by atoms with Gasteiger partial charge >= 0.3 is 0 Å². The van der Waals surface area contributed by atoms with Gasteiger partial charge < -0.3 is 15.5 Å². The summed E-state index contributed by atoms with van der Waals surface area (Å²) in [6.45, 7) is 6.38. The Balaban J connectivity index is 1.94. The number of piperidine rings is 1. The molecule has 0 radical (unpaired) electrons. The molecule has 19 heavy (non-hydrogen) atoms. The smallest absolute Gasteiger partial charge is 0.225 e. The number of nitrogens with zero attached hydrogens (tertiary/aromatic N) is 4. The normalized spacial score (nSPS) is 17.6. The van der Waals surface area contributed by atoms with Crippen LogP contribution >= 0.6 is 0 Å². The maximum atomic E-state index is 5.53. The highest BCUT2D eigenvalue weighted by Crippen LogP contribution is 2.18. The lowest BCUT2D eigenvalue weighted by Crippen LogP contribution is -2.43. The van der Waals surface area contributed by atoms with Crippen molar-refractivity contribution in [2.75, 3.05) is 38.1 Å². The second-order valence-corrected chi connectivity index (χ2v) is 5.21. The van der Waals surface area contributed by atoms with Crippen LogP contribution in [0.15, 0.2) is 12.4 Å². The minimum Gasteiger partial charge on any atom is -0.341 e. The van der Waals surface area contributed by atoms with E-state index in [1.807, 2.05) is 12.4 Å². The van der Waals surface area contributed by atoms with Crippen molar-refractivity contribution >= 4 is 5.95 Å². The highest BCUT2D eigenvalue weighted by atomic mass is 15.3. The molecule has 0 bridgehead atoms. The van der Waals surface area contributed by atoms with Crippen LogP contribution in [-0.4, -0.2) is 54.1 Å². The molecule has 0 atom stereocenters. The van der Waals surface area contributed by atoms with Crippen molar-refractivity contribution in [1.29, 1.82) is 0 Å². The zero-order chi connectivity index (χ0) is 13.7. The second kappa shape index (κ2) is 6.82. The SMILES string of the molecule is CCN1CCC(N(C)c2ncc(CCN)cn2)CC1. The van der Waals surface area contributed by atoms with E-state index in [0.29, 0.717) is 12.6 Å². The number of rotatable bonds is 5. The fourth-order valence-electron chi connectivity index (χ4n) is 2.61. The molecule has 1 aliphatic heterocycles. The van der Waals surface area contributed by atoms with Gasteiger partial charge in [0.05, 0.1) is 0 Å². The topological polar surface area (TPSA) is 58.3 Å². The Hall–Kier alpha value is -1.20. The van der Waals surface area contributed by atoms with Crippen molar-refractivity contribution in [1.82, 2.24) is 14.9 Å². The first-order chi connectivity index (χ1) is 9.24. The number of anilines is 1. The first kappa shape index (κ1) is 14.2. The zero-order valence-corrected chi connectivity index (χ0v) is 12.0. The molecule has 106 valence electrons. The predicted molar refractivity (Wildman–Crippen MR) is 78.3 cm³/mol. The molecule has 0 amide bonds. The second-order valence-electron chi connectivity index (χ2n) is 5.21. The summed E-state index contributed by atoms with van der Waals surface area (Å²) in [4.78, 5) is 13.6. The van der Waals surface area contributed by atoms with Crippen molar-refractivity contribution in [3.05, 3.63) is 18.0 Å². The Bertz CT molecular complexity index is 370. The Morgan fingerprint density at radius 3 is 2.47 bits per heavy atom. The molecular weight excluding hydrogens is 238 g/mol. The molecule has 0 unspecified atom stereocenters. The largest absolute Gasteiger partial charge is 0.341 e. The van der Waals surface area contributed by atoms with E-state index in [0.717, 1.165) is 24.5 Å². The van der Waals surface area contributed by atoms with E-state index >= 15 is 0 Å². The summed E-state index contributed by atoms with van der Waals surface area (Å²) in [6, 6.07) is 0.558. The van der Waals surface area contributed by atoms with Crippen LogP contribution in [0, 0.1) is 0 Å². The van der Waals surface area contributed by atoms with Gasteiger partial charge in [-0.3, -0.25) is 0 Å². The summed E-state index contributed by atoms with van der Waals surface area (Å²) in [6.07, 6.45) is 7.02. The first-order valence-electron chi connectivity index (χ1n) is 7.20. The van der Waals surface area contributed by atoms with E-state index in [2.05, 4.69) is 33.7 Å². The Morgan fingerprint density at radius 2 is 1.95 bits per heavy atom. The molecule has 2 heterocycles. The molecule has 1 aliphatic rings. The van der Waals surface area contributed by atoms with Gasteiger partial charge in [0.1, 0.15) is 0 Å². The molecule has 0 saturated carbocycles. The van der Waals surface area contributed by atoms with Gasteiger partial charge in [-0.25, -0.2) is 9.97 Å². The average molecular weight is 263 g/mol. The van der Waals surface area contributed by atoms with E-state index in [4.69, 9.17) is 5.73 Å². The van der Waals surface area contributed by atoms with E-state index in [9.17, 15) is 0 Å². The molecule has 2 N–H and O–H groups in total. The van der Waals surface area contributed by atoms with Crippen molar-refractivity contribution in [2.24, 2.45) is 5.73 Å². The molecule has 5 heteroatoms. The fourth-order valence-corrected chi connectivity index (χ4v) is 2.61. The number of hydrogen-bond donors (Lipinski definition) is 1. The van der Waals surface area contributed by atoms with Gasteiger partial charge in [-0.1, -0.05) is 6.92 Å². The van der Waals surface area contributed by atoms with Gasteiger partial charge in [0, 0.05) is 38.6 Å². The summed E-state index contributed by atoms with van der Waals surface area (Å²) in [5, 5.41) is 0. The molecule has 0 aliphatic carbocycles. The van der Waals surface area contributed by atoms with E-state index in [1.165, 1.54) is 25.9 Å². The van der Waals surface area contributed by atoms with E-state index < -0.39 is 0 Å². The molecule has 1 aromatic heterocycles. The van der Waals surface area contributed by atoms with E-state index in [1.54, 1.807) is 0 Å². The standard InChI is InChI=1S/C14H25N5/c1-3-19-8-5-13(6-9-19)18(2)14-16-10-12(4-7-15)11-17-14/h10-11,13H,3-9,15H2,1-2H3. The Labute approximate surface area is 115 Å². The quantitative estimate of drug-likeness (QED) is 0.855. The van der Waals surface area contributed by atoms with Crippen molar-refractivity contribution < 1.29 is 0 Å². The van der Waals surface area contributed by atoms with Crippen molar-refractivity contribution in [3.63, 3.8) is 0 Å². The third-order valence-electron chi connectivity index (χ3n) is 3.99.